The van der Waals surface area contributed by atoms with Crippen molar-refractivity contribution in [3.05, 3.63) is 23.8 Å². The molecule has 10 heteroatoms. The Morgan fingerprint density at radius 2 is 1.89 bits per heavy atom. The fourth-order valence-corrected chi connectivity index (χ4v) is 2.92. The molecule has 1 aromatic rings. The van der Waals surface area contributed by atoms with Crippen LogP contribution >= 0.6 is 0 Å². The minimum absolute atomic E-state index is 0.213. The highest BCUT2D eigenvalue weighted by Crippen LogP contribution is 2.36. The van der Waals surface area contributed by atoms with Crippen molar-refractivity contribution in [3.8, 4) is 11.5 Å². The van der Waals surface area contributed by atoms with Crippen LogP contribution in [0.3, 0.4) is 0 Å². The Balaban J connectivity index is 1.72. The summed E-state index contributed by atoms with van der Waals surface area (Å²) in [4.78, 5) is 51.0. The number of likely N-dealkylation sites (N-methyl/N-ethyl adjacent to an activating group) is 1. The van der Waals surface area contributed by atoms with Gasteiger partial charge in [-0.15, -0.1) is 0 Å². The molecule has 0 spiro atoms. The third-order valence-corrected chi connectivity index (χ3v) is 4.63. The smallest absolute Gasteiger partial charge is 0.325 e. The molecule has 2 N–H and O–H groups in total. The van der Waals surface area contributed by atoms with E-state index in [2.05, 4.69) is 10.6 Å². The maximum absolute atomic E-state index is 12.9. The SMILES string of the molecule is CN(C)C(=O)CNC(=O)CN1C(=O)N[C@@](C)(c2ccc3c(c2)OCCO3)C1=O. The Morgan fingerprint density at radius 3 is 2.57 bits per heavy atom. The predicted octanol–water partition coefficient (Wildman–Crippen LogP) is -0.571. The molecular formula is C18H22N4O6. The number of carbonyl (C=O) groups excluding carboxylic acids is 4. The largest absolute Gasteiger partial charge is 0.486 e. The van der Waals surface area contributed by atoms with Gasteiger partial charge in [0, 0.05) is 14.1 Å². The topological polar surface area (TPSA) is 117 Å². The minimum atomic E-state index is -1.34. The predicted molar refractivity (Wildman–Crippen MR) is 96.7 cm³/mol. The van der Waals surface area contributed by atoms with E-state index in [1.54, 1.807) is 39.2 Å². The quantitative estimate of drug-likeness (QED) is 0.650. The standard InChI is InChI=1S/C18H22N4O6/c1-18(11-4-5-12-13(8-11)28-7-6-27-12)16(25)22(17(26)20-18)10-14(23)19-9-15(24)21(2)3/h4-5,8H,6-7,9-10H2,1-3H3,(H,19,23)(H,20,26)/t18-/m0/s1. The van der Waals surface area contributed by atoms with Crippen LogP contribution in [-0.4, -0.2) is 74.0 Å². The normalized spacial score (nSPS) is 20.6. The Kier molecular flexibility index (Phi) is 5.12. The number of fused-ring (bicyclic) bond motifs is 1. The minimum Gasteiger partial charge on any atom is -0.486 e. The highest BCUT2D eigenvalue weighted by molar-refractivity contribution is 6.09. The molecule has 2 heterocycles. The van der Waals surface area contributed by atoms with Crippen molar-refractivity contribution in [2.75, 3.05) is 40.4 Å². The number of ether oxygens (including phenoxy) is 2. The third kappa shape index (κ3) is 3.57. The summed E-state index contributed by atoms with van der Waals surface area (Å²) in [5.41, 5.74) is -0.826. The van der Waals surface area contributed by atoms with E-state index in [0.29, 0.717) is 30.3 Å². The summed E-state index contributed by atoms with van der Waals surface area (Å²) in [5, 5.41) is 5.03. The highest BCUT2D eigenvalue weighted by Gasteiger charge is 2.49. The molecule has 2 aliphatic rings. The number of rotatable bonds is 5. The molecule has 28 heavy (non-hydrogen) atoms. The van der Waals surface area contributed by atoms with E-state index in [0.717, 1.165) is 4.90 Å². The van der Waals surface area contributed by atoms with Crippen molar-refractivity contribution in [1.82, 2.24) is 20.4 Å². The van der Waals surface area contributed by atoms with Crippen LogP contribution in [-0.2, 0) is 19.9 Å². The Bertz CT molecular complexity index is 839. The van der Waals surface area contributed by atoms with Gasteiger partial charge in [-0.2, -0.15) is 0 Å². The number of hydrogen-bond acceptors (Lipinski definition) is 6. The van der Waals surface area contributed by atoms with Crippen molar-refractivity contribution in [2.24, 2.45) is 0 Å². The highest BCUT2D eigenvalue weighted by atomic mass is 16.6. The van der Waals surface area contributed by atoms with Gasteiger partial charge in [-0.25, -0.2) is 4.79 Å². The summed E-state index contributed by atoms with van der Waals surface area (Å²) in [6, 6.07) is 4.31. The van der Waals surface area contributed by atoms with Crippen molar-refractivity contribution >= 4 is 23.8 Å². The van der Waals surface area contributed by atoms with Gasteiger partial charge >= 0.3 is 6.03 Å². The molecule has 0 unspecified atom stereocenters. The zero-order valence-corrected chi connectivity index (χ0v) is 15.9. The number of urea groups is 1. The molecule has 0 aliphatic carbocycles. The van der Waals surface area contributed by atoms with Crippen LogP contribution in [0.5, 0.6) is 11.5 Å². The Labute approximate surface area is 161 Å². The average Bonchev–Trinajstić information content (AvgIpc) is 2.89. The van der Waals surface area contributed by atoms with Gasteiger partial charge in [0.25, 0.3) is 5.91 Å². The average molecular weight is 390 g/mol. The Hall–Kier alpha value is -3.30. The molecule has 1 aromatic carbocycles. The first-order valence-electron chi connectivity index (χ1n) is 8.73. The fraction of sp³-hybridized carbons (Fsp3) is 0.444. The number of nitrogens with one attached hydrogen (secondary N) is 2. The molecule has 2 aliphatic heterocycles. The van der Waals surface area contributed by atoms with E-state index in [-0.39, 0.29) is 12.5 Å². The molecule has 0 saturated carbocycles. The summed E-state index contributed by atoms with van der Waals surface area (Å²) >= 11 is 0. The van der Waals surface area contributed by atoms with Crippen LogP contribution in [0.1, 0.15) is 12.5 Å². The molecule has 1 fully saturated rings. The third-order valence-electron chi connectivity index (χ3n) is 4.63. The first kappa shape index (κ1) is 19.5. The fourth-order valence-electron chi connectivity index (χ4n) is 2.92. The molecule has 5 amide bonds. The van der Waals surface area contributed by atoms with Crippen molar-refractivity contribution < 1.29 is 28.7 Å². The van der Waals surface area contributed by atoms with Crippen LogP contribution < -0.4 is 20.1 Å². The maximum atomic E-state index is 12.9. The Morgan fingerprint density at radius 1 is 1.21 bits per heavy atom. The van der Waals surface area contributed by atoms with Crippen molar-refractivity contribution in [1.29, 1.82) is 0 Å². The molecule has 0 bridgehead atoms. The van der Waals surface area contributed by atoms with E-state index in [4.69, 9.17) is 9.47 Å². The van der Waals surface area contributed by atoms with Gasteiger partial charge in [0.1, 0.15) is 25.3 Å². The molecule has 1 atom stereocenters. The monoisotopic (exact) mass is 390 g/mol. The van der Waals surface area contributed by atoms with Crippen molar-refractivity contribution in [2.45, 2.75) is 12.5 Å². The van der Waals surface area contributed by atoms with Gasteiger partial charge in [0.05, 0.1) is 6.54 Å². The second-order valence-electron chi connectivity index (χ2n) is 6.87. The second kappa shape index (κ2) is 7.37. The van der Waals surface area contributed by atoms with Gasteiger partial charge in [0.2, 0.25) is 11.8 Å². The molecule has 3 rings (SSSR count). The van der Waals surface area contributed by atoms with Crippen LogP contribution in [0.15, 0.2) is 18.2 Å². The zero-order chi connectivity index (χ0) is 20.5. The van der Waals surface area contributed by atoms with E-state index in [1.165, 1.54) is 4.90 Å². The number of hydrogen-bond donors (Lipinski definition) is 2. The zero-order valence-electron chi connectivity index (χ0n) is 15.9. The van der Waals surface area contributed by atoms with Crippen LogP contribution in [0.4, 0.5) is 4.79 Å². The number of benzene rings is 1. The summed E-state index contributed by atoms with van der Waals surface area (Å²) in [7, 11) is 3.12. The van der Waals surface area contributed by atoms with E-state index in [1.807, 2.05) is 0 Å². The van der Waals surface area contributed by atoms with Gasteiger partial charge < -0.3 is 25.0 Å². The molecule has 0 aromatic heterocycles. The summed E-state index contributed by atoms with van der Waals surface area (Å²) < 4.78 is 11.0. The van der Waals surface area contributed by atoms with Crippen LogP contribution in [0, 0.1) is 0 Å². The summed E-state index contributed by atoms with van der Waals surface area (Å²) in [5.74, 6) is -0.414. The van der Waals surface area contributed by atoms with Crippen LogP contribution in [0.25, 0.3) is 0 Å². The lowest BCUT2D eigenvalue weighted by atomic mass is 9.91. The molecule has 1 saturated heterocycles. The summed E-state index contributed by atoms with van der Waals surface area (Å²) in [6.45, 7) is 1.70. The van der Waals surface area contributed by atoms with E-state index < -0.39 is 29.9 Å². The molecule has 10 nitrogen and oxygen atoms in total. The lowest BCUT2D eigenvalue weighted by molar-refractivity contribution is -0.135. The number of imide groups is 1. The van der Waals surface area contributed by atoms with Gasteiger partial charge in [-0.3, -0.25) is 19.3 Å². The van der Waals surface area contributed by atoms with Gasteiger partial charge in [-0.05, 0) is 24.6 Å². The number of carbonyl (C=O) groups is 4. The first-order valence-corrected chi connectivity index (χ1v) is 8.73. The van der Waals surface area contributed by atoms with Gasteiger partial charge in [0.15, 0.2) is 11.5 Å². The second-order valence-corrected chi connectivity index (χ2v) is 6.87. The first-order chi connectivity index (χ1) is 13.2. The summed E-state index contributed by atoms with van der Waals surface area (Å²) in [6.07, 6.45) is 0. The van der Waals surface area contributed by atoms with E-state index in [9.17, 15) is 19.2 Å². The lowest BCUT2D eigenvalue weighted by Gasteiger charge is -2.25. The van der Waals surface area contributed by atoms with Crippen LogP contribution in [0.2, 0.25) is 0 Å². The lowest BCUT2D eigenvalue weighted by Crippen LogP contribution is -2.45. The van der Waals surface area contributed by atoms with Crippen molar-refractivity contribution in [3.63, 3.8) is 0 Å². The molecule has 150 valence electrons. The maximum Gasteiger partial charge on any atom is 0.325 e. The molecular weight excluding hydrogens is 368 g/mol. The number of amides is 5. The molecule has 0 radical (unpaired) electrons. The van der Waals surface area contributed by atoms with Gasteiger partial charge in [-0.1, -0.05) is 6.07 Å². The number of nitrogens with zero attached hydrogens (tertiary/aromatic N) is 2. The van der Waals surface area contributed by atoms with E-state index >= 15 is 0 Å².